The number of carbonyl (C=O) groups is 3. The quantitative estimate of drug-likeness (QED) is 0.166. The van der Waals surface area contributed by atoms with Crippen molar-refractivity contribution in [1.82, 2.24) is 4.90 Å². The number of ether oxygens (including phenoxy) is 1. The molecule has 0 radical (unpaired) electrons. The van der Waals surface area contributed by atoms with Crippen molar-refractivity contribution in [3.8, 4) is 11.5 Å². The van der Waals surface area contributed by atoms with Gasteiger partial charge in [0, 0.05) is 10.2 Å². The van der Waals surface area contributed by atoms with E-state index in [4.69, 9.17) is 27.9 Å². The van der Waals surface area contributed by atoms with E-state index in [0.29, 0.717) is 17.2 Å². The molecular formula is C35H27BrCl2N2O4. The van der Waals surface area contributed by atoms with Crippen LogP contribution in [0.2, 0.25) is 0 Å². The standard InChI is InChI=1S/C35H27BrCl2N2O4/c1-19(2)30(31(41)39-21-13-17-23(18-14-21)44-22-15-11-20(36)12-16-22)40-32(42)28-29(33(40)43)35(38)25-8-4-3-7-24(25)34(28,37)26-9-5-6-10-27(26)35/h3-19,28-30H,1-2H3,(H,39,41)/t28-,29-,30-,34?,35?/m0/s1. The molecule has 9 heteroatoms. The number of hydrogen-bond acceptors (Lipinski definition) is 4. The number of hydrogen-bond donors (Lipinski definition) is 1. The van der Waals surface area contributed by atoms with Crippen LogP contribution in [0.3, 0.4) is 0 Å². The number of carbonyl (C=O) groups excluding carboxylic acids is 3. The Labute approximate surface area is 273 Å². The van der Waals surface area contributed by atoms with Crippen LogP contribution in [0.1, 0.15) is 36.1 Å². The molecule has 3 amide bonds. The molecule has 1 heterocycles. The molecule has 0 saturated carbocycles. The van der Waals surface area contributed by atoms with E-state index in [9.17, 15) is 14.4 Å². The molecule has 1 aliphatic heterocycles. The fraction of sp³-hybridized carbons (Fsp3) is 0.229. The second-order valence-electron chi connectivity index (χ2n) is 11.8. The van der Waals surface area contributed by atoms with Crippen LogP contribution in [0.25, 0.3) is 0 Å². The second kappa shape index (κ2) is 10.5. The van der Waals surface area contributed by atoms with Gasteiger partial charge in [0.05, 0.1) is 11.8 Å². The summed E-state index contributed by atoms with van der Waals surface area (Å²) in [4.78, 5) is 41.2. The minimum absolute atomic E-state index is 0.386. The highest BCUT2D eigenvalue weighted by atomic mass is 79.9. The summed E-state index contributed by atoms with van der Waals surface area (Å²) in [5.74, 6) is -2.52. The SMILES string of the molecule is CC(C)[C@@H](C(=O)Nc1ccc(Oc2ccc(Br)cc2)cc1)N1C(=O)[C@@H]2[C@@H](C1=O)C1(Cl)c3ccccc3C2(Cl)c2ccccc21. The van der Waals surface area contributed by atoms with E-state index in [-0.39, 0.29) is 5.92 Å². The van der Waals surface area contributed by atoms with Crippen LogP contribution >= 0.6 is 39.1 Å². The second-order valence-corrected chi connectivity index (χ2v) is 13.9. The molecule has 4 aromatic carbocycles. The first kappa shape index (κ1) is 29.1. The zero-order valence-corrected chi connectivity index (χ0v) is 26.9. The van der Waals surface area contributed by atoms with E-state index < -0.39 is 45.3 Å². The van der Waals surface area contributed by atoms with Crippen molar-refractivity contribution in [2.24, 2.45) is 17.8 Å². The molecule has 8 rings (SSSR count). The molecule has 44 heavy (non-hydrogen) atoms. The van der Waals surface area contributed by atoms with Gasteiger partial charge in [-0.3, -0.25) is 19.3 Å². The van der Waals surface area contributed by atoms with E-state index in [1.165, 1.54) is 0 Å². The van der Waals surface area contributed by atoms with Crippen LogP contribution in [0.5, 0.6) is 11.5 Å². The lowest BCUT2D eigenvalue weighted by Crippen LogP contribution is -2.57. The Balaban J connectivity index is 1.20. The number of anilines is 1. The minimum Gasteiger partial charge on any atom is -0.457 e. The van der Waals surface area contributed by atoms with Crippen LogP contribution in [0, 0.1) is 17.8 Å². The lowest BCUT2D eigenvalue weighted by atomic mass is 9.54. The highest BCUT2D eigenvalue weighted by Gasteiger charge is 2.73. The highest BCUT2D eigenvalue weighted by molar-refractivity contribution is 9.10. The first-order valence-electron chi connectivity index (χ1n) is 14.4. The summed E-state index contributed by atoms with van der Waals surface area (Å²) in [5.41, 5.74) is 3.38. The number of imide groups is 1. The summed E-state index contributed by atoms with van der Waals surface area (Å²) in [6.45, 7) is 3.62. The first-order valence-corrected chi connectivity index (χ1v) is 15.9. The van der Waals surface area contributed by atoms with Crippen molar-refractivity contribution in [2.45, 2.75) is 29.6 Å². The fourth-order valence-corrected chi connectivity index (χ4v) is 8.50. The molecule has 1 fully saturated rings. The van der Waals surface area contributed by atoms with Crippen LogP contribution in [0.15, 0.2) is 102 Å². The van der Waals surface area contributed by atoms with Gasteiger partial charge in [0.25, 0.3) is 0 Å². The summed E-state index contributed by atoms with van der Waals surface area (Å²) < 4.78 is 6.83. The summed E-state index contributed by atoms with van der Waals surface area (Å²) in [6, 6.07) is 28.2. The van der Waals surface area contributed by atoms with E-state index in [0.717, 1.165) is 31.6 Å². The molecule has 0 aromatic heterocycles. The van der Waals surface area contributed by atoms with E-state index >= 15 is 0 Å². The molecular weight excluding hydrogens is 663 g/mol. The molecule has 0 spiro atoms. The number of likely N-dealkylation sites (tertiary alicyclic amines) is 1. The Morgan fingerprint density at radius 2 is 1.16 bits per heavy atom. The lowest BCUT2D eigenvalue weighted by molar-refractivity contribution is -0.148. The van der Waals surface area contributed by atoms with E-state index in [1.54, 1.807) is 24.3 Å². The molecule has 1 N–H and O–H groups in total. The number of nitrogens with one attached hydrogen (secondary N) is 1. The van der Waals surface area contributed by atoms with Crippen molar-refractivity contribution in [3.05, 3.63) is 124 Å². The third kappa shape index (κ3) is 4.09. The predicted molar refractivity (Wildman–Crippen MR) is 173 cm³/mol. The van der Waals surface area contributed by atoms with Crippen molar-refractivity contribution in [3.63, 3.8) is 0 Å². The number of alkyl halides is 2. The zero-order chi connectivity index (χ0) is 31.0. The number of amides is 3. The molecule has 6 nitrogen and oxygen atoms in total. The third-order valence-corrected chi connectivity index (χ3v) is 10.8. The average molecular weight is 690 g/mol. The molecule has 1 saturated heterocycles. The van der Waals surface area contributed by atoms with Crippen LogP contribution < -0.4 is 10.1 Å². The first-order chi connectivity index (χ1) is 21.1. The van der Waals surface area contributed by atoms with Gasteiger partial charge in [-0.15, -0.1) is 23.2 Å². The number of halogens is 3. The van der Waals surface area contributed by atoms with Gasteiger partial charge in [-0.2, -0.15) is 0 Å². The maximum absolute atomic E-state index is 14.4. The van der Waals surface area contributed by atoms with Gasteiger partial charge in [0.1, 0.15) is 27.3 Å². The van der Waals surface area contributed by atoms with Gasteiger partial charge in [-0.1, -0.05) is 78.3 Å². The largest absolute Gasteiger partial charge is 0.457 e. The van der Waals surface area contributed by atoms with Gasteiger partial charge < -0.3 is 10.1 Å². The Bertz CT molecular complexity index is 1700. The predicted octanol–water partition coefficient (Wildman–Crippen LogP) is 7.80. The van der Waals surface area contributed by atoms with E-state index in [2.05, 4.69) is 21.2 Å². The normalized spacial score (nSPS) is 25.4. The molecule has 0 unspecified atom stereocenters. The van der Waals surface area contributed by atoms with Gasteiger partial charge in [0.2, 0.25) is 17.7 Å². The summed E-state index contributed by atoms with van der Waals surface area (Å²) in [5, 5.41) is 2.90. The Morgan fingerprint density at radius 1 is 0.750 bits per heavy atom. The summed E-state index contributed by atoms with van der Waals surface area (Å²) in [6.07, 6.45) is 0. The molecule has 3 atom stereocenters. The Morgan fingerprint density at radius 3 is 1.57 bits per heavy atom. The molecule has 2 bridgehead atoms. The minimum atomic E-state index is -1.31. The average Bonchev–Trinajstić information content (AvgIpc) is 3.28. The van der Waals surface area contributed by atoms with E-state index in [1.807, 2.05) is 86.6 Å². The molecule has 222 valence electrons. The van der Waals surface area contributed by atoms with Gasteiger partial charge in [-0.25, -0.2) is 0 Å². The smallest absolute Gasteiger partial charge is 0.247 e. The molecule has 3 aliphatic carbocycles. The highest BCUT2D eigenvalue weighted by Crippen LogP contribution is 2.69. The van der Waals surface area contributed by atoms with Gasteiger partial charge >= 0.3 is 0 Å². The van der Waals surface area contributed by atoms with Crippen molar-refractivity contribution in [2.75, 3.05) is 5.32 Å². The Kier molecular flexibility index (Phi) is 6.92. The van der Waals surface area contributed by atoms with Crippen LogP contribution in [-0.2, 0) is 24.1 Å². The number of benzene rings is 4. The monoisotopic (exact) mass is 688 g/mol. The topological polar surface area (TPSA) is 75.7 Å². The van der Waals surface area contributed by atoms with Crippen LogP contribution in [-0.4, -0.2) is 28.7 Å². The molecule has 4 aromatic rings. The van der Waals surface area contributed by atoms with Crippen molar-refractivity contribution >= 4 is 62.5 Å². The zero-order valence-electron chi connectivity index (χ0n) is 23.8. The van der Waals surface area contributed by atoms with Crippen molar-refractivity contribution < 1.29 is 19.1 Å². The summed E-state index contributed by atoms with van der Waals surface area (Å²) >= 11 is 18.5. The fourth-order valence-electron chi connectivity index (χ4n) is 7.14. The lowest BCUT2D eigenvalue weighted by Gasteiger charge is -2.54. The maximum atomic E-state index is 14.4. The van der Waals surface area contributed by atoms with Gasteiger partial charge in [0.15, 0.2) is 0 Å². The molecule has 4 aliphatic rings. The number of rotatable bonds is 6. The van der Waals surface area contributed by atoms with Gasteiger partial charge in [-0.05, 0) is 76.7 Å². The third-order valence-electron chi connectivity index (χ3n) is 8.97. The maximum Gasteiger partial charge on any atom is 0.247 e. The van der Waals surface area contributed by atoms with Crippen LogP contribution in [0.4, 0.5) is 5.69 Å². The summed E-state index contributed by atoms with van der Waals surface area (Å²) in [7, 11) is 0. The Hall–Kier alpha value is -3.65. The number of nitrogens with zero attached hydrogens (tertiary/aromatic N) is 1. The van der Waals surface area contributed by atoms with Crippen molar-refractivity contribution in [1.29, 1.82) is 0 Å².